The lowest BCUT2D eigenvalue weighted by molar-refractivity contribution is 0.438. The molecule has 1 saturated heterocycles. The Hall–Kier alpha value is -0.400. The van der Waals surface area contributed by atoms with E-state index in [0.29, 0.717) is 5.88 Å². The molecule has 0 aliphatic carbocycles. The number of alkyl halides is 1. The summed E-state index contributed by atoms with van der Waals surface area (Å²) in [5.74, 6) is 1.37. The molecule has 0 spiro atoms. The molecule has 3 heteroatoms. The van der Waals surface area contributed by atoms with Crippen molar-refractivity contribution in [2.45, 2.75) is 25.6 Å². The molecule has 1 aliphatic heterocycles. The van der Waals surface area contributed by atoms with Crippen molar-refractivity contribution in [2.24, 2.45) is 5.92 Å². The van der Waals surface area contributed by atoms with Crippen molar-refractivity contribution in [3.8, 4) is 0 Å². The number of piperidine rings is 1. The summed E-state index contributed by atoms with van der Waals surface area (Å²) in [5, 5.41) is 0.827. The number of anilines is 1. The molecule has 1 fully saturated rings. The highest BCUT2D eigenvalue weighted by Crippen LogP contribution is 2.30. The van der Waals surface area contributed by atoms with Gasteiger partial charge in [0.15, 0.2) is 0 Å². The number of rotatable bonds is 2. The number of hydrogen-bond acceptors (Lipinski definition) is 1. The zero-order valence-electron chi connectivity index (χ0n) is 9.55. The summed E-state index contributed by atoms with van der Waals surface area (Å²) in [6.45, 7) is 4.54. The molecule has 2 rings (SSSR count). The van der Waals surface area contributed by atoms with Crippen LogP contribution in [0, 0.1) is 5.92 Å². The first kappa shape index (κ1) is 12.1. The van der Waals surface area contributed by atoms with Crippen molar-refractivity contribution in [1.82, 2.24) is 0 Å². The Morgan fingerprint density at radius 2 is 2.00 bits per heavy atom. The smallest absolute Gasteiger partial charge is 0.0642 e. The van der Waals surface area contributed by atoms with Gasteiger partial charge in [-0.15, -0.1) is 11.6 Å². The van der Waals surface area contributed by atoms with Crippen LogP contribution in [0.25, 0.3) is 0 Å². The van der Waals surface area contributed by atoms with Crippen LogP contribution in [0.1, 0.15) is 25.3 Å². The van der Waals surface area contributed by atoms with Gasteiger partial charge in [-0.25, -0.2) is 0 Å². The highest BCUT2D eigenvalue weighted by atomic mass is 35.5. The molecule has 0 aromatic heterocycles. The maximum absolute atomic E-state index is 6.28. The fraction of sp³-hybridized carbons (Fsp3) is 0.538. The van der Waals surface area contributed by atoms with Gasteiger partial charge in [0, 0.05) is 19.0 Å². The zero-order chi connectivity index (χ0) is 11.5. The summed E-state index contributed by atoms with van der Waals surface area (Å²) in [6.07, 6.45) is 2.52. The number of hydrogen-bond donors (Lipinski definition) is 0. The monoisotopic (exact) mass is 257 g/mol. The lowest BCUT2D eigenvalue weighted by Gasteiger charge is -2.32. The minimum atomic E-state index is 0.525. The van der Waals surface area contributed by atoms with Crippen molar-refractivity contribution in [1.29, 1.82) is 0 Å². The van der Waals surface area contributed by atoms with Gasteiger partial charge < -0.3 is 4.90 Å². The van der Waals surface area contributed by atoms with Gasteiger partial charge in [-0.2, -0.15) is 0 Å². The molecule has 0 saturated carbocycles. The predicted octanol–water partition coefficient (Wildman–Crippen LogP) is 4.32. The molecule has 0 amide bonds. The highest BCUT2D eigenvalue weighted by molar-refractivity contribution is 6.33. The van der Waals surface area contributed by atoms with E-state index >= 15 is 0 Å². The van der Waals surface area contributed by atoms with Crippen molar-refractivity contribution in [2.75, 3.05) is 18.0 Å². The number of benzene rings is 1. The molecule has 1 aromatic rings. The fourth-order valence-corrected chi connectivity index (χ4v) is 2.63. The molecule has 1 aromatic carbocycles. The van der Waals surface area contributed by atoms with Gasteiger partial charge in [-0.3, -0.25) is 0 Å². The summed E-state index contributed by atoms with van der Waals surface area (Å²) >= 11 is 12.1. The zero-order valence-corrected chi connectivity index (χ0v) is 11.1. The third-order valence-electron chi connectivity index (χ3n) is 3.29. The van der Waals surface area contributed by atoms with E-state index in [2.05, 4.69) is 24.0 Å². The van der Waals surface area contributed by atoms with Crippen molar-refractivity contribution < 1.29 is 0 Å². The molecule has 16 heavy (non-hydrogen) atoms. The predicted molar refractivity (Wildman–Crippen MR) is 71.6 cm³/mol. The maximum atomic E-state index is 6.28. The average molecular weight is 258 g/mol. The van der Waals surface area contributed by atoms with Gasteiger partial charge in [0.2, 0.25) is 0 Å². The standard InChI is InChI=1S/C13H17Cl2N/c1-10-4-6-16(7-5-10)13-3-2-11(9-14)8-12(13)15/h2-3,8,10H,4-7,9H2,1H3. The first-order valence-electron chi connectivity index (χ1n) is 5.80. The Bertz CT molecular complexity index is 357. The Morgan fingerprint density at radius 1 is 1.31 bits per heavy atom. The summed E-state index contributed by atoms with van der Waals surface area (Å²) in [6, 6.07) is 6.13. The van der Waals surface area contributed by atoms with E-state index in [1.54, 1.807) is 0 Å². The van der Waals surface area contributed by atoms with E-state index < -0.39 is 0 Å². The fourth-order valence-electron chi connectivity index (χ4n) is 2.14. The third kappa shape index (κ3) is 2.64. The second kappa shape index (κ2) is 5.29. The molecular formula is C13H17Cl2N. The molecule has 0 radical (unpaired) electrons. The lowest BCUT2D eigenvalue weighted by atomic mass is 9.99. The molecule has 1 nitrogen and oxygen atoms in total. The SMILES string of the molecule is CC1CCN(c2ccc(CCl)cc2Cl)CC1. The summed E-state index contributed by atoms with van der Waals surface area (Å²) in [4.78, 5) is 2.38. The van der Waals surface area contributed by atoms with E-state index in [9.17, 15) is 0 Å². The molecular weight excluding hydrogens is 241 g/mol. The molecule has 1 heterocycles. The van der Waals surface area contributed by atoms with Crippen LogP contribution in [0.15, 0.2) is 18.2 Å². The normalized spacial score (nSPS) is 17.8. The highest BCUT2D eigenvalue weighted by Gasteiger charge is 2.17. The molecule has 0 bridgehead atoms. The van der Waals surface area contributed by atoms with Crippen LogP contribution in [0.2, 0.25) is 5.02 Å². The molecule has 1 aliphatic rings. The Morgan fingerprint density at radius 3 is 2.56 bits per heavy atom. The van der Waals surface area contributed by atoms with Gasteiger partial charge in [-0.05, 0) is 36.5 Å². The molecule has 0 unspecified atom stereocenters. The average Bonchev–Trinajstić information content (AvgIpc) is 2.30. The summed E-state index contributed by atoms with van der Waals surface area (Å²) in [5.41, 5.74) is 2.24. The van der Waals surface area contributed by atoms with Crippen LogP contribution in [0.4, 0.5) is 5.69 Å². The second-order valence-electron chi connectivity index (χ2n) is 4.59. The largest absolute Gasteiger partial charge is 0.370 e. The van der Waals surface area contributed by atoms with Gasteiger partial charge >= 0.3 is 0 Å². The second-order valence-corrected chi connectivity index (χ2v) is 5.26. The van der Waals surface area contributed by atoms with Crippen LogP contribution < -0.4 is 4.90 Å². The van der Waals surface area contributed by atoms with Crippen molar-refractivity contribution >= 4 is 28.9 Å². The molecule has 0 atom stereocenters. The summed E-state index contributed by atoms with van der Waals surface area (Å²) < 4.78 is 0. The van der Waals surface area contributed by atoms with Crippen molar-refractivity contribution in [3.05, 3.63) is 28.8 Å². The van der Waals surface area contributed by atoms with Crippen molar-refractivity contribution in [3.63, 3.8) is 0 Å². The van der Waals surface area contributed by atoms with E-state index in [4.69, 9.17) is 23.2 Å². The van der Waals surface area contributed by atoms with Gasteiger partial charge in [0.25, 0.3) is 0 Å². The van der Waals surface area contributed by atoms with E-state index in [0.717, 1.165) is 35.3 Å². The Kier molecular flexibility index (Phi) is 3.99. The van der Waals surface area contributed by atoms with Crippen LogP contribution in [0.3, 0.4) is 0 Å². The topological polar surface area (TPSA) is 3.24 Å². The van der Waals surface area contributed by atoms with Crippen LogP contribution in [-0.2, 0) is 5.88 Å². The van der Waals surface area contributed by atoms with Crippen LogP contribution in [0.5, 0.6) is 0 Å². The van der Waals surface area contributed by atoms with Gasteiger partial charge in [-0.1, -0.05) is 24.6 Å². The lowest BCUT2D eigenvalue weighted by Crippen LogP contribution is -2.32. The maximum Gasteiger partial charge on any atom is 0.0642 e. The Labute approximate surface area is 107 Å². The van der Waals surface area contributed by atoms with E-state index in [1.165, 1.54) is 12.8 Å². The van der Waals surface area contributed by atoms with Gasteiger partial charge in [0.1, 0.15) is 0 Å². The Balaban J connectivity index is 2.14. The first-order valence-corrected chi connectivity index (χ1v) is 6.71. The molecule has 88 valence electrons. The minimum absolute atomic E-state index is 0.525. The van der Waals surface area contributed by atoms with Gasteiger partial charge in [0.05, 0.1) is 10.7 Å². The van der Waals surface area contributed by atoms with E-state index in [1.807, 2.05) is 6.07 Å². The molecule has 0 N–H and O–H groups in total. The van der Waals surface area contributed by atoms with Crippen LogP contribution >= 0.6 is 23.2 Å². The van der Waals surface area contributed by atoms with Crippen LogP contribution in [-0.4, -0.2) is 13.1 Å². The third-order valence-corrected chi connectivity index (χ3v) is 3.90. The quantitative estimate of drug-likeness (QED) is 0.714. The van der Waals surface area contributed by atoms with E-state index in [-0.39, 0.29) is 0 Å². The minimum Gasteiger partial charge on any atom is -0.370 e. The number of nitrogens with zero attached hydrogens (tertiary/aromatic N) is 1. The number of halogens is 2. The summed E-state index contributed by atoms with van der Waals surface area (Å²) in [7, 11) is 0. The first-order chi connectivity index (χ1) is 7.70.